The highest BCUT2D eigenvalue weighted by Crippen LogP contribution is 2.17. The fourth-order valence-electron chi connectivity index (χ4n) is 9.78. The van der Waals surface area contributed by atoms with Crippen molar-refractivity contribution in [2.45, 2.75) is 328 Å². The number of hydrogen-bond donors (Lipinski definition) is 2. The van der Waals surface area contributed by atoms with E-state index >= 15 is 0 Å². The van der Waals surface area contributed by atoms with Crippen molar-refractivity contribution < 1.29 is 29.0 Å². The molecule has 2 N–H and O–H groups in total. The lowest BCUT2D eigenvalue weighted by Gasteiger charge is -2.22. The van der Waals surface area contributed by atoms with E-state index in [1.54, 1.807) is 0 Å². The lowest BCUT2D eigenvalue weighted by atomic mass is 10.0. The summed E-state index contributed by atoms with van der Waals surface area (Å²) < 4.78 is 11.3. The lowest BCUT2D eigenvalue weighted by Crippen LogP contribution is -2.30. The van der Waals surface area contributed by atoms with Crippen LogP contribution in [0.3, 0.4) is 0 Å². The van der Waals surface area contributed by atoms with Crippen LogP contribution in [0.2, 0.25) is 0 Å². The van der Waals surface area contributed by atoms with Gasteiger partial charge < -0.3 is 24.8 Å². The Morgan fingerprint density at radius 1 is 0.371 bits per heavy atom. The van der Waals surface area contributed by atoms with Gasteiger partial charge in [-0.2, -0.15) is 0 Å². The zero-order valence-corrected chi connectivity index (χ0v) is 47.0. The van der Waals surface area contributed by atoms with E-state index in [2.05, 4.69) is 24.1 Å². The van der Waals surface area contributed by atoms with E-state index in [1.165, 1.54) is 231 Å². The molecule has 0 aliphatic heterocycles. The summed E-state index contributed by atoms with van der Waals surface area (Å²) in [5, 5.41) is 12.6. The molecule has 0 fully saturated rings. The monoisotopic (exact) mass is 989 g/mol. The minimum Gasteiger partial charge on any atom is -0.487 e. The molecule has 0 saturated carbocycles. The second-order valence-corrected chi connectivity index (χ2v) is 21.4. The average molecular weight is 990 g/mol. The van der Waals surface area contributed by atoms with Gasteiger partial charge in [0, 0.05) is 19.3 Å². The molecule has 0 bridgehead atoms. The zero-order valence-electron chi connectivity index (χ0n) is 47.0. The molecule has 0 saturated heterocycles. The molecule has 0 aromatic carbocycles. The summed E-state index contributed by atoms with van der Waals surface area (Å²) in [5.41, 5.74) is 0. The van der Waals surface area contributed by atoms with Gasteiger partial charge >= 0.3 is 11.9 Å². The molecule has 0 heterocycles. The molecule has 0 aromatic heterocycles. The van der Waals surface area contributed by atoms with E-state index < -0.39 is 5.97 Å². The third-order valence-electron chi connectivity index (χ3n) is 14.5. The van der Waals surface area contributed by atoms with Crippen molar-refractivity contribution in [3.63, 3.8) is 0 Å². The Balaban J connectivity index is 3.88. The van der Waals surface area contributed by atoms with Crippen LogP contribution in [0.25, 0.3) is 0 Å². The van der Waals surface area contributed by atoms with Crippen LogP contribution < -0.4 is 5.32 Å². The van der Waals surface area contributed by atoms with Crippen LogP contribution in [-0.2, 0) is 23.9 Å². The Hall–Kier alpha value is -1.89. The van der Waals surface area contributed by atoms with E-state index in [9.17, 15) is 14.4 Å². The first kappa shape index (κ1) is 68.1. The number of hydrogen-bond acceptors (Lipinski definition) is 7. The van der Waals surface area contributed by atoms with Gasteiger partial charge in [0.05, 0.1) is 13.2 Å². The molecule has 0 atom stereocenters. The summed E-state index contributed by atoms with van der Waals surface area (Å²) in [6.07, 6.45) is 59.8. The SMILES string of the molecule is CCCCCCCCCCCCCCCCCCCCCCOC(=O)CCCCCCCN(CCCCCCCC(=O)O)CCCNCCCCCCCC(=C=O)OCCCCCCCCCCCC. The second kappa shape index (κ2) is 59.7. The van der Waals surface area contributed by atoms with Gasteiger partial charge in [0.15, 0.2) is 11.7 Å². The van der Waals surface area contributed by atoms with E-state index in [0.29, 0.717) is 25.4 Å². The van der Waals surface area contributed by atoms with Crippen molar-refractivity contribution in [3.8, 4) is 0 Å². The number of rotatable bonds is 61. The van der Waals surface area contributed by atoms with Crippen LogP contribution in [-0.4, -0.2) is 73.8 Å². The van der Waals surface area contributed by atoms with Gasteiger partial charge in [0.25, 0.3) is 0 Å². The highest BCUT2D eigenvalue weighted by atomic mass is 16.5. The maximum Gasteiger partial charge on any atom is 0.305 e. The Kier molecular flexibility index (Phi) is 58.1. The third kappa shape index (κ3) is 57.0. The number of carbonyl (C=O) groups is 2. The molecule has 0 aliphatic carbocycles. The highest BCUT2D eigenvalue weighted by Gasteiger charge is 2.08. The number of esters is 1. The van der Waals surface area contributed by atoms with E-state index in [4.69, 9.17) is 14.6 Å². The fourth-order valence-corrected chi connectivity index (χ4v) is 9.78. The Labute approximate surface area is 435 Å². The van der Waals surface area contributed by atoms with Crippen LogP contribution in [0, 0.1) is 0 Å². The number of aliphatic carboxylic acids is 1. The maximum atomic E-state index is 12.3. The molecule has 8 nitrogen and oxygen atoms in total. The van der Waals surface area contributed by atoms with Crippen molar-refractivity contribution in [1.82, 2.24) is 10.2 Å². The summed E-state index contributed by atoms with van der Waals surface area (Å²) in [5.74, 6) is 1.86. The predicted octanol–water partition coefficient (Wildman–Crippen LogP) is 18.4. The number of carboxylic acid groups (broad SMARTS) is 1. The normalized spacial score (nSPS) is 11.4. The molecule has 0 radical (unpaired) electrons. The van der Waals surface area contributed by atoms with Crippen molar-refractivity contribution >= 4 is 17.9 Å². The highest BCUT2D eigenvalue weighted by molar-refractivity contribution is 5.69. The number of carboxylic acids is 1. The number of allylic oxidation sites excluding steroid dienone is 1. The minimum absolute atomic E-state index is 0.0154. The van der Waals surface area contributed by atoms with Crippen molar-refractivity contribution in [3.05, 3.63) is 5.76 Å². The average Bonchev–Trinajstić information content (AvgIpc) is 3.35. The summed E-state index contributed by atoms with van der Waals surface area (Å²) >= 11 is 0. The summed E-state index contributed by atoms with van der Waals surface area (Å²) in [7, 11) is 0. The quantitative estimate of drug-likeness (QED) is 0.0269. The van der Waals surface area contributed by atoms with Gasteiger partial charge in [-0.25, -0.2) is 4.79 Å². The molecule has 0 spiro atoms. The summed E-state index contributed by atoms with van der Waals surface area (Å²) in [6, 6.07) is 0. The largest absolute Gasteiger partial charge is 0.487 e. The maximum absolute atomic E-state index is 12.3. The van der Waals surface area contributed by atoms with Crippen LogP contribution in [0.5, 0.6) is 0 Å². The first-order valence-corrected chi connectivity index (χ1v) is 31.2. The molecule has 0 aromatic rings. The Morgan fingerprint density at radius 2 is 0.686 bits per heavy atom. The first-order valence-electron chi connectivity index (χ1n) is 31.2. The van der Waals surface area contributed by atoms with E-state index in [-0.39, 0.29) is 12.4 Å². The van der Waals surface area contributed by atoms with E-state index in [1.807, 2.05) is 5.94 Å². The third-order valence-corrected chi connectivity index (χ3v) is 14.5. The molecular formula is C62H120N2O6. The molecular weight excluding hydrogens is 869 g/mol. The predicted molar refractivity (Wildman–Crippen MR) is 301 cm³/mol. The van der Waals surface area contributed by atoms with Crippen LogP contribution in [0.15, 0.2) is 5.76 Å². The van der Waals surface area contributed by atoms with Crippen molar-refractivity contribution in [2.24, 2.45) is 0 Å². The van der Waals surface area contributed by atoms with Crippen molar-refractivity contribution in [1.29, 1.82) is 0 Å². The molecule has 0 unspecified atom stereocenters. The summed E-state index contributed by atoms with van der Waals surface area (Å²) in [6.45, 7) is 11.3. The molecule has 414 valence electrons. The van der Waals surface area contributed by atoms with Gasteiger partial charge in [-0.3, -0.25) is 9.59 Å². The minimum atomic E-state index is -0.686. The fraction of sp³-hybridized carbons (Fsp3) is 0.935. The standard InChI is InChI=1S/C62H120N2O6/c1-3-5-7-9-11-13-15-16-17-18-19-20-21-22-23-24-26-28-39-47-58-70-62(68)51-42-34-31-37-45-55-64(54-44-36-30-33-41-50-61(66)67)56-48-53-63-52-43-35-29-32-40-49-60(59-65)69-57-46-38-27-25-14-12-10-8-6-4-2/h63H,3-58H2,1-2H3,(H,66,67). The number of nitrogens with zero attached hydrogens (tertiary/aromatic N) is 1. The molecule has 8 heteroatoms. The Bertz CT molecular complexity index is 1110. The van der Waals surface area contributed by atoms with Gasteiger partial charge in [-0.15, -0.1) is 0 Å². The smallest absolute Gasteiger partial charge is 0.305 e. The van der Waals surface area contributed by atoms with Crippen LogP contribution in [0.1, 0.15) is 328 Å². The molecule has 0 amide bonds. The van der Waals surface area contributed by atoms with Gasteiger partial charge in [0.2, 0.25) is 0 Å². The number of unbranched alkanes of at least 4 members (excludes halogenated alkanes) is 40. The number of ether oxygens (including phenoxy) is 2. The van der Waals surface area contributed by atoms with Gasteiger partial charge in [-0.1, -0.05) is 251 Å². The van der Waals surface area contributed by atoms with Crippen molar-refractivity contribution in [2.75, 3.05) is 45.9 Å². The molecule has 0 rings (SSSR count). The Morgan fingerprint density at radius 3 is 1.10 bits per heavy atom. The van der Waals surface area contributed by atoms with Gasteiger partial charge in [-0.05, 0) is 90.5 Å². The van der Waals surface area contributed by atoms with Gasteiger partial charge in [0.1, 0.15) is 0 Å². The second-order valence-electron chi connectivity index (χ2n) is 21.4. The number of nitrogens with one attached hydrogen (secondary N) is 1. The van der Waals surface area contributed by atoms with Crippen LogP contribution >= 0.6 is 0 Å². The molecule has 70 heavy (non-hydrogen) atoms. The molecule has 0 aliphatic rings. The lowest BCUT2D eigenvalue weighted by molar-refractivity contribution is -0.144. The van der Waals surface area contributed by atoms with E-state index in [0.717, 1.165) is 103 Å². The van der Waals surface area contributed by atoms with Crippen LogP contribution in [0.4, 0.5) is 0 Å². The topological polar surface area (TPSA) is 105 Å². The first-order chi connectivity index (χ1) is 34.5. The zero-order chi connectivity index (χ0) is 50.7. The number of carbonyl (C=O) groups excluding carboxylic acids is 2. The summed E-state index contributed by atoms with van der Waals surface area (Å²) in [4.78, 5) is 37.2.